The van der Waals surface area contributed by atoms with Gasteiger partial charge in [-0.2, -0.15) is 15.0 Å². The average Bonchev–Trinajstić information content (AvgIpc) is 3.04. The smallest absolute Gasteiger partial charge is 0.281 e. The quantitative estimate of drug-likeness (QED) is 0.616. The van der Waals surface area contributed by atoms with E-state index in [0.29, 0.717) is 15.6 Å². The molecule has 0 aliphatic heterocycles. The number of amides is 1. The third-order valence-corrected chi connectivity index (χ3v) is 4.74. The zero-order valence-corrected chi connectivity index (χ0v) is 16.3. The number of hydrogen-bond acceptors (Lipinski definition) is 4. The summed E-state index contributed by atoms with van der Waals surface area (Å²) in [4.78, 5) is 25.3. The molecule has 2 aromatic carbocycles. The average molecular weight is 474 g/mol. The van der Waals surface area contributed by atoms with Crippen LogP contribution in [0.1, 0.15) is 26.3 Å². The second kappa shape index (κ2) is 7.64. The molecule has 3 rings (SSSR count). The molecule has 0 fully saturated rings. The number of nitriles is 1. The molecule has 0 radical (unpaired) electrons. The minimum absolute atomic E-state index is 0.0289. The standard InChI is InChI=1S/C18H10Br2N4O2/c19-13-7-5-11(6-8-13)17(25)23-16-12(9-21)10-22-24(16)18(26)14-3-1-2-4-15(14)20/h1-8,10H,(H,23,25). The molecule has 0 saturated heterocycles. The van der Waals surface area contributed by atoms with Crippen LogP contribution in [-0.2, 0) is 0 Å². The Morgan fingerprint density at radius 1 is 1.08 bits per heavy atom. The molecule has 0 aliphatic rings. The van der Waals surface area contributed by atoms with Crippen LogP contribution >= 0.6 is 31.9 Å². The Labute approximate surface area is 165 Å². The summed E-state index contributed by atoms with van der Waals surface area (Å²) in [6.07, 6.45) is 1.24. The number of benzene rings is 2. The van der Waals surface area contributed by atoms with Gasteiger partial charge in [-0.15, -0.1) is 0 Å². The number of nitrogens with one attached hydrogen (secondary N) is 1. The first-order chi connectivity index (χ1) is 12.5. The maximum atomic E-state index is 12.8. The summed E-state index contributed by atoms with van der Waals surface area (Å²) >= 11 is 6.62. The van der Waals surface area contributed by atoms with Crippen molar-refractivity contribution < 1.29 is 9.59 Å². The largest absolute Gasteiger partial charge is 0.305 e. The van der Waals surface area contributed by atoms with E-state index in [2.05, 4.69) is 42.3 Å². The first kappa shape index (κ1) is 18.0. The van der Waals surface area contributed by atoms with Gasteiger partial charge in [0.25, 0.3) is 11.8 Å². The summed E-state index contributed by atoms with van der Waals surface area (Å²) in [7, 11) is 0. The van der Waals surface area contributed by atoms with E-state index in [1.54, 1.807) is 48.5 Å². The second-order valence-electron chi connectivity index (χ2n) is 5.18. The third-order valence-electron chi connectivity index (χ3n) is 3.52. The Morgan fingerprint density at radius 3 is 2.42 bits per heavy atom. The molecule has 0 saturated carbocycles. The highest BCUT2D eigenvalue weighted by atomic mass is 79.9. The molecule has 8 heteroatoms. The van der Waals surface area contributed by atoms with Crippen molar-refractivity contribution in [1.82, 2.24) is 9.78 Å². The molecule has 0 bridgehead atoms. The lowest BCUT2D eigenvalue weighted by molar-refractivity contribution is 0.0946. The van der Waals surface area contributed by atoms with Crippen LogP contribution in [0.15, 0.2) is 63.7 Å². The van der Waals surface area contributed by atoms with Crippen molar-refractivity contribution >= 4 is 49.5 Å². The molecular formula is C18H10Br2N4O2. The first-order valence-corrected chi connectivity index (χ1v) is 8.94. The molecule has 1 aromatic heterocycles. The number of anilines is 1. The third kappa shape index (κ3) is 3.59. The Balaban J connectivity index is 1.97. The fourth-order valence-electron chi connectivity index (χ4n) is 2.23. The van der Waals surface area contributed by atoms with Gasteiger partial charge >= 0.3 is 0 Å². The van der Waals surface area contributed by atoms with Crippen molar-refractivity contribution in [2.24, 2.45) is 0 Å². The van der Waals surface area contributed by atoms with Gasteiger partial charge in [0.05, 0.1) is 11.8 Å². The van der Waals surface area contributed by atoms with Gasteiger partial charge in [0, 0.05) is 14.5 Å². The van der Waals surface area contributed by atoms with Gasteiger partial charge in [-0.1, -0.05) is 28.1 Å². The zero-order chi connectivity index (χ0) is 18.7. The van der Waals surface area contributed by atoms with Crippen LogP contribution < -0.4 is 5.32 Å². The number of halogens is 2. The van der Waals surface area contributed by atoms with Gasteiger partial charge in [-0.3, -0.25) is 9.59 Å². The molecule has 0 unspecified atom stereocenters. The second-order valence-corrected chi connectivity index (χ2v) is 6.95. The lowest BCUT2D eigenvalue weighted by atomic mass is 10.2. The summed E-state index contributed by atoms with van der Waals surface area (Å²) in [5, 5.41) is 15.8. The van der Waals surface area contributed by atoms with Crippen LogP contribution in [-0.4, -0.2) is 21.6 Å². The molecule has 3 aromatic rings. The summed E-state index contributed by atoms with van der Waals surface area (Å²) in [6.45, 7) is 0. The van der Waals surface area contributed by atoms with E-state index in [9.17, 15) is 14.9 Å². The van der Waals surface area contributed by atoms with Crippen molar-refractivity contribution in [3.05, 3.63) is 80.4 Å². The number of aromatic nitrogens is 2. The summed E-state index contributed by atoms with van der Waals surface area (Å²) in [5.74, 6) is -0.887. The van der Waals surface area contributed by atoms with E-state index in [-0.39, 0.29) is 11.4 Å². The minimum Gasteiger partial charge on any atom is -0.305 e. The van der Waals surface area contributed by atoms with Gasteiger partial charge in [0.1, 0.15) is 11.6 Å². The van der Waals surface area contributed by atoms with Crippen molar-refractivity contribution in [3.8, 4) is 6.07 Å². The maximum Gasteiger partial charge on any atom is 0.281 e. The molecule has 0 spiro atoms. The Morgan fingerprint density at radius 2 is 1.77 bits per heavy atom. The number of hydrogen-bond donors (Lipinski definition) is 1. The normalized spacial score (nSPS) is 10.2. The zero-order valence-electron chi connectivity index (χ0n) is 13.1. The number of carbonyl (C=O) groups is 2. The molecule has 1 amide bonds. The van der Waals surface area contributed by atoms with Crippen LogP contribution in [0.25, 0.3) is 0 Å². The topological polar surface area (TPSA) is 87.8 Å². The summed E-state index contributed by atoms with van der Waals surface area (Å²) in [6, 6.07) is 15.5. The van der Waals surface area contributed by atoms with Gasteiger partial charge in [0.15, 0.2) is 5.82 Å². The van der Waals surface area contributed by atoms with Crippen molar-refractivity contribution in [2.75, 3.05) is 5.32 Å². The van der Waals surface area contributed by atoms with Gasteiger partial charge < -0.3 is 5.32 Å². The SMILES string of the molecule is N#Cc1cnn(C(=O)c2ccccc2Br)c1NC(=O)c1ccc(Br)cc1. The molecule has 6 nitrogen and oxygen atoms in total. The molecular weight excluding hydrogens is 464 g/mol. The number of nitrogens with zero attached hydrogens (tertiary/aromatic N) is 3. The van der Waals surface area contributed by atoms with Crippen LogP contribution in [0, 0.1) is 11.3 Å². The minimum atomic E-state index is -0.468. The van der Waals surface area contributed by atoms with Crippen molar-refractivity contribution in [2.45, 2.75) is 0 Å². The van der Waals surface area contributed by atoms with E-state index in [1.807, 2.05) is 6.07 Å². The lowest BCUT2D eigenvalue weighted by Gasteiger charge is -2.09. The van der Waals surface area contributed by atoms with Gasteiger partial charge in [-0.05, 0) is 52.3 Å². The summed E-state index contributed by atoms with van der Waals surface area (Å²) in [5.41, 5.74) is 0.841. The maximum absolute atomic E-state index is 12.8. The van der Waals surface area contributed by atoms with E-state index < -0.39 is 11.8 Å². The summed E-state index contributed by atoms with van der Waals surface area (Å²) < 4.78 is 2.43. The van der Waals surface area contributed by atoms with Crippen LogP contribution in [0.5, 0.6) is 0 Å². The van der Waals surface area contributed by atoms with Crippen molar-refractivity contribution in [3.63, 3.8) is 0 Å². The van der Waals surface area contributed by atoms with Gasteiger partial charge in [-0.25, -0.2) is 0 Å². The first-order valence-electron chi connectivity index (χ1n) is 7.35. The number of rotatable bonds is 3. The van der Waals surface area contributed by atoms with Crippen molar-refractivity contribution in [1.29, 1.82) is 5.26 Å². The van der Waals surface area contributed by atoms with Gasteiger partial charge in [0.2, 0.25) is 0 Å². The highest BCUT2D eigenvalue weighted by molar-refractivity contribution is 9.10. The molecule has 1 N–H and O–H groups in total. The monoisotopic (exact) mass is 472 g/mol. The molecule has 0 atom stereocenters. The van der Waals surface area contributed by atoms with E-state index in [4.69, 9.17) is 0 Å². The molecule has 0 aliphatic carbocycles. The molecule has 26 heavy (non-hydrogen) atoms. The van der Waals surface area contributed by atoms with Crippen LogP contribution in [0.2, 0.25) is 0 Å². The Hall–Kier alpha value is -2.76. The fraction of sp³-hybridized carbons (Fsp3) is 0. The molecule has 1 heterocycles. The molecule has 128 valence electrons. The van der Waals surface area contributed by atoms with E-state index in [1.165, 1.54) is 6.20 Å². The highest BCUT2D eigenvalue weighted by Crippen LogP contribution is 2.22. The van der Waals surface area contributed by atoms with Crippen LogP contribution in [0.4, 0.5) is 5.82 Å². The van der Waals surface area contributed by atoms with E-state index >= 15 is 0 Å². The lowest BCUT2D eigenvalue weighted by Crippen LogP contribution is -2.21. The predicted octanol–water partition coefficient (Wildman–Crippen LogP) is 4.22. The number of carbonyl (C=O) groups excluding carboxylic acids is 2. The predicted molar refractivity (Wildman–Crippen MR) is 103 cm³/mol. The fourth-order valence-corrected chi connectivity index (χ4v) is 2.95. The van der Waals surface area contributed by atoms with E-state index in [0.717, 1.165) is 9.15 Å². The van der Waals surface area contributed by atoms with Crippen LogP contribution in [0.3, 0.4) is 0 Å². The Kier molecular flexibility index (Phi) is 5.30. The Bertz CT molecular complexity index is 1040. The highest BCUT2D eigenvalue weighted by Gasteiger charge is 2.21.